The third kappa shape index (κ3) is 0.641. The molecule has 0 amide bonds. The molecule has 32 valence electrons. The molecule has 1 aliphatic heterocycles. The normalized spacial score (nSPS) is 18.7. The fourth-order valence-corrected chi connectivity index (χ4v) is 0.321. The molecule has 0 atom stereocenters. The average Bonchev–Trinajstić information content (AvgIpc) is 1.72. The Kier molecular flexibility index (Phi) is 0.998. The molecular formula is C4H6N2. The second-order valence-corrected chi connectivity index (χ2v) is 1.04. The van der Waals surface area contributed by atoms with Gasteiger partial charge in [-0.2, -0.15) is 0 Å². The molecule has 2 N–H and O–H groups in total. The van der Waals surface area contributed by atoms with Crippen molar-refractivity contribution in [3.63, 3.8) is 0 Å². The lowest BCUT2D eigenvalue weighted by Gasteiger charge is -2.03. The molecule has 0 aliphatic carbocycles. The van der Waals surface area contributed by atoms with Crippen LogP contribution in [0.4, 0.5) is 0 Å². The van der Waals surface area contributed by atoms with Gasteiger partial charge in [0.15, 0.2) is 0 Å². The average molecular weight is 82.1 g/mol. The first-order chi connectivity index (χ1) is 3.00. The molecule has 1 heterocycles. The largest absolute Gasteiger partial charge is 0.383 e. The summed E-state index contributed by atoms with van der Waals surface area (Å²) in [5.41, 5.74) is 0. The second-order valence-electron chi connectivity index (χ2n) is 1.04. The molecule has 6 heavy (non-hydrogen) atoms. The molecular weight excluding hydrogens is 76.1 g/mol. The Morgan fingerprint density at radius 1 is 1.67 bits per heavy atom. The predicted octanol–water partition coefficient (Wildman–Crippen LogP) is -0.385. The highest BCUT2D eigenvalue weighted by atomic mass is 15.0. The van der Waals surface area contributed by atoms with Crippen LogP contribution >= 0.6 is 0 Å². The van der Waals surface area contributed by atoms with E-state index in [1.807, 2.05) is 6.54 Å². The van der Waals surface area contributed by atoms with Crippen LogP contribution in [0.25, 0.3) is 0 Å². The maximum atomic E-state index is 2.86. The Labute approximate surface area is 37.2 Å². The summed E-state index contributed by atoms with van der Waals surface area (Å²) in [5.74, 6) is 0. The van der Waals surface area contributed by atoms with Gasteiger partial charge in [0.25, 0.3) is 0 Å². The van der Waals surface area contributed by atoms with Gasteiger partial charge in [0.1, 0.15) is 0 Å². The standard InChI is InChI=1S/C4H6N2/c1-2-6-4-3-5-1/h1,3,5-6H,2H2. The van der Waals surface area contributed by atoms with Gasteiger partial charge in [0.2, 0.25) is 0 Å². The van der Waals surface area contributed by atoms with E-state index in [-0.39, 0.29) is 0 Å². The zero-order chi connectivity index (χ0) is 4.24. The minimum atomic E-state index is 0.872. The van der Waals surface area contributed by atoms with E-state index >= 15 is 0 Å². The smallest absolute Gasteiger partial charge is 0.0751 e. The number of rotatable bonds is 0. The van der Waals surface area contributed by atoms with Crippen molar-refractivity contribution in [1.29, 1.82) is 0 Å². The summed E-state index contributed by atoms with van der Waals surface area (Å²) in [6, 6.07) is 0. The summed E-state index contributed by atoms with van der Waals surface area (Å²) in [6.45, 7) is 2.78. The molecule has 0 bridgehead atoms. The third-order valence-electron chi connectivity index (χ3n) is 0.580. The van der Waals surface area contributed by atoms with Crippen molar-refractivity contribution >= 4 is 0 Å². The van der Waals surface area contributed by atoms with Crippen molar-refractivity contribution in [3.8, 4) is 0 Å². The monoisotopic (exact) mass is 82.1 g/mol. The van der Waals surface area contributed by atoms with E-state index in [2.05, 4.69) is 16.8 Å². The zero-order valence-corrected chi connectivity index (χ0v) is 3.36. The van der Waals surface area contributed by atoms with Gasteiger partial charge < -0.3 is 10.6 Å². The molecule has 0 aromatic heterocycles. The van der Waals surface area contributed by atoms with Crippen molar-refractivity contribution in [2.45, 2.75) is 0 Å². The van der Waals surface area contributed by atoms with E-state index in [0.29, 0.717) is 0 Å². The molecule has 2 radical (unpaired) electrons. The summed E-state index contributed by atoms with van der Waals surface area (Å²) < 4.78 is 0. The fraction of sp³-hybridized carbons (Fsp3) is 0.250. The fourth-order valence-electron chi connectivity index (χ4n) is 0.321. The van der Waals surface area contributed by atoms with Crippen molar-refractivity contribution < 1.29 is 0 Å². The zero-order valence-electron chi connectivity index (χ0n) is 3.36. The molecule has 0 spiro atoms. The highest BCUT2D eigenvalue weighted by molar-refractivity contribution is 4.82. The van der Waals surface area contributed by atoms with Gasteiger partial charge in [0.05, 0.1) is 12.7 Å². The van der Waals surface area contributed by atoms with Crippen LogP contribution in [0.1, 0.15) is 0 Å². The van der Waals surface area contributed by atoms with Crippen LogP contribution in [0.2, 0.25) is 0 Å². The Hall–Kier alpha value is -0.660. The van der Waals surface area contributed by atoms with Gasteiger partial charge >= 0.3 is 0 Å². The van der Waals surface area contributed by atoms with Gasteiger partial charge in [0, 0.05) is 12.7 Å². The molecule has 2 nitrogen and oxygen atoms in total. The molecule has 0 aromatic rings. The van der Waals surface area contributed by atoms with E-state index < -0.39 is 0 Å². The lowest BCUT2D eigenvalue weighted by Crippen LogP contribution is -2.21. The van der Waals surface area contributed by atoms with Gasteiger partial charge in [-0.25, -0.2) is 0 Å². The molecule has 0 fully saturated rings. The van der Waals surface area contributed by atoms with Gasteiger partial charge in [-0.1, -0.05) is 0 Å². The highest BCUT2D eigenvalue weighted by Gasteiger charge is 1.83. The Balaban J connectivity index is 2.26. The van der Waals surface area contributed by atoms with Crippen LogP contribution in [-0.4, -0.2) is 6.54 Å². The minimum absolute atomic E-state index is 0.872. The maximum Gasteiger partial charge on any atom is 0.0751 e. The molecule has 1 aliphatic rings. The maximum absolute atomic E-state index is 2.86. The molecule has 0 aromatic carbocycles. The highest BCUT2D eigenvalue weighted by Crippen LogP contribution is 1.72. The molecule has 2 heteroatoms. The predicted molar refractivity (Wildman–Crippen MR) is 23.3 cm³/mol. The summed E-state index contributed by atoms with van der Waals surface area (Å²) >= 11 is 0. The van der Waals surface area contributed by atoms with Gasteiger partial charge in [-0.05, 0) is 0 Å². The van der Waals surface area contributed by atoms with Crippen molar-refractivity contribution in [3.05, 3.63) is 18.9 Å². The van der Waals surface area contributed by atoms with E-state index in [0.717, 1.165) is 6.54 Å². The first-order valence-electron chi connectivity index (χ1n) is 1.88. The van der Waals surface area contributed by atoms with Crippen LogP contribution in [0.15, 0.2) is 6.20 Å². The van der Waals surface area contributed by atoms with Crippen LogP contribution in [0.5, 0.6) is 0 Å². The molecule has 0 unspecified atom stereocenters. The Morgan fingerprint density at radius 3 is 2.83 bits per heavy atom. The first-order valence-corrected chi connectivity index (χ1v) is 1.88. The Morgan fingerprint density at radius 2 is 2.67 bits per heavy atom. The molecule has 1 rings (SSSR count). The van der Waals surface area contributed by atoms with Crippen LogP contribution in [0.3, 0.4) is 0 Å². The Bertz CT molecular complexity index is 50.6. The number of hydrogen-bond donors (Lipinski definition) is 2. The lowest BCUT2D eigenvalue weighted by atomic mass is 10.5. The summed E-state index contributed by atoms with van der Waals surface area (Å²) in [6.07, 6.45) is 4.49. The first kappa shape index (κ1) is 3.53. The van der Waals surface area contributed by atoms with E-state index in [4.69, 9.17) is 0 Å². The number of nitrogens with one attached hydrogen (secondary N) is 2. The van der Waals surface area contributed by atoms with Crippen molar-refractivity contribution in [1.82, 2.24) is 10.6 Å². The van der Waals surface area contributed by atoms with Crippen LogP contribution in [-0.2, 0) is 0 Å². The topological polar surface area (TPSA) is 24.1 Å². The van der Waals surface area contributed by atoms with Crippen LogP contribution < -0.4 is 10.6 Å². The third-order valence-corrected chi connectivity index (χ3v) is 0.580. The summed E-state index contributed by atoms with van der Waals surface area (Å²) in [7, 11) is 0. The minimum Gasteiger partial charge on any atom is -0.383 e. The SMILES string of the molecule is [C]1=CN[CH]CN1. The van der Waals surface area contributed by atoms with E-state index in [9.17, 15) is 0 Å². The summed E-state index contributed by atoms with van der Waals surface area (Å²) in [4.78, 5) is 0. The quantitative estimate of drug-likeness (QED) is 0.416. The van der Waals surface area contributed by atoms with Crippen LogP contribution in [0, 0.1) is 12.7 Å². The number of hydrogen-bond acceptors (Lipinski definition) is 2. The van der Waals surface area contributed by atoms with E-state index in [1.165, 1.54) is 0 Å². The molecule has 0 saturated heterocycles. The molecule has 0 saturated carbocycles. The lowest BCUT2D eigenvalue weighted by molar-refractivity contribution is 0.790. The van der Waals surface area contributed by atoms with Crippen molar-refractivity contribution in [2.75, 3.05) is 6.54 Å². The van der Waals surface area contributed by atoms with Crippen molar-refractivity contribution in [2.24, 2.45) is 0 Å². The van der Waals surface area contributed by atoms with Gasteiger partial charge in [-0.3, -0.25) is 0 Å². The second kappa shape index (κ2) is 1.70. The van der Waals surface area contributed by atoms with E-state index in [1.54, 1.807) is 6.20 Å². The van der Waals surface area contributed by atoms with Gasteiger partial charge in [-0.15, -0.1) is 0 Å². The summed E-state index contributed by atoms with van der Waals surface area (Å²) in [5, 5.41) is 5.72.